The minimum atomic E-state index is -0.545. The van der Waals surface area contributed by atoms with Crippen LogP contribution in [0.15, 0.2) is 261 Å². The molecule has 0 heterocycles. The first-order valence-corrected chi connectivity index (χ1v) is 25.4. The van der Waals surface area contributed by atoms with Crippen LogP contribution in [0.2, 0.25) is 0 Å². The van der Waals surface area contributed by atoms with Crippen molar-refractivity contribution in [1.82, 2.24) is 0 Å². The maximum atomic E-state index is 2.43. The second kappa shape index (κ2) is 15.1. The zero-order chi connectivity index (χ0) is 47.8. The van der Waals surface area contributed by atoms with Gasteiger partial charge in [-0.3, -0.25) is 0 Å². The fraction of sp³-hybridized carbons (Fsp3) is 0.0704. The summed E-state index contributed by atoms with van der Waals surface area (Å²) < 4.78 is 0. The summed E-state index contributed by atoms with van der Waals surface area (Å²) in [7, 11) is 0. The highest BCUT2D eigenvalue weighted by Gasteiger charge is 2.59. The highest BCUT2D eigenvalue weighted by atomic mass is 15.1. The van der Waals surface area contributed by atoms with Gasteiger partial charge in [-0.2, -0.15) is 0 Å². The van der Waals surface area contributed by atoms with Gasteiger partial charge >= 0.3 is 0 Å². The van der Waals surface area contributed by atoms with E-state index in [-0.39, 0.29) is 5.41 Å². The molecule has 0 N–H and O–H groups in total. The highest BCUT2D eigenvalue weighted by molar-refractivity contribution is 5.99. The van der Waals surface area contributed by atoms with Crippen molar-refractivity contribution in [3.05, 3.63) is 316 Å². The van der Waals surface area contributed by atoms with Crippen LogP contribution in [0.1, 0.15) is 69.5 Å². The lowest BCUT2D eigenvalue weighted by molar-refractivity contribution is 0.633. The quantitative estimate of drug-likeness (QED) is 0.166. The normalized spacial score (nSPS) is 14.9. The van der Waals surface area contributed by atoms with Crippen LogP contribution < -0.4 is 4.90 Å². The number of benzene rings is 11. The van der Waals surface area contributed by atoms with Crippen molar-refractivity contribution in [3.63, 3.8) is 0 Å². The zero-order valence-electron chi connectivity index (χ0n) is 40.3. The van der Waals surface area contributed by atoms with Crippen molar-refractivity contribution in [1.29, 1.82) is 0 Å². The molecule has 72 heavy (non-hydrogen) atoms. The molecule has 0 unspecified atom stereocenters. The van der Waals surface area contributed by atoms with E-state index in [0.29, 0.717) is 0 Å². The Hall–Kier alpha value is -8.78. The number of nitrogens with zero attached hydrogens (tertiary/aromatic N) is 1. The number of anilines is 3. The first kappa shape index (κ1) is 41.0. The number of rotatable bonds is 5. The summed E-state index contributed by atoms with van der Waals surface area (Å²) >= 11 is 0. The van der Waals surface area contributed by atoms with Gasteiger partial charge in [0.05, 0.1) is 10.8 Å². The molecule has 0 amide bonds. The van der Waals surface area contributed by atoms with Crippen LogP contribution in [0.4, 0.5) is 17.1 Å². The SMILES string of the molecule is CC1(C)c2ccccc2-c2ccc(N(c3ccc(-c4ccccc4)cc3)c3ccc(-c4cccc5c4-c4ccccc4C54c5ccccc5C5(c6ccccc6-c6ccccc65)c5ccccc54)cc3)cc21. The third kappa shape index (κ3) is 5.32. The van der Waals surface area contributed by atoms with Gasteiger partial charge < -0.3 is 4.90 Å². The maximum absolute atomic E-state index is 2.43. The molecule has 15 rings (SSSR count). The van der Waals surface area contributed by atoms with Gasteiger partial charge in [-0.25, -0.2) is 0 Å². The van der Waals surface area contributed by atoms with Crippen LogP contribution in [-0.2, 0) is 16.2 Å². The van der Waals surface area contributed by atoms with E-state index in [9.17, 15) is 0 Å². The maximum Gasteiger partial charge on any atom is 0.0720 e. The summed E-state index contributed by atoms with van der Waals surface area (Å²) in [6.07, 6.45) is 0. The van der Waals surface area contributed by atoms with Gasteiger partial charge in [-0.05, 0) is 148 Å². The molecule has 0 saturated heterocycles. The molecule has 0 bridgehead atoms. The minimum absolute atomic E-state index is 0.123. The second-order valence-electron chi connectivity index (χ2n) is 20.7. The summed E-state index contributed by atoms with van der Waals surface area (Å²) in [5.41, 5.74) is 28.5. The number of fused-ring (bicyclic) bond motifs is 19. The molecule has 0 atom stereocenters. The van der Waals surface area contributed by atoms with E-state index in [1.807, 2.05) is 0 Å². The second-order valence-corrected chi connectivity index (χ2v) is 20.7. The predicted octanol–water partition coefficient (Wildman–Crippen LogP) is 17.8. The average Bonchev–Trinajstić information content (AvgIpc) is 4.01. The van der Waals surface area contributed by atoms with Crippen molar-refractivity contribution in [3.8, 4) is 55.6 Å². The Morgan fingerprint density at radius 3 is 1.15 bits per heavy atom. The molecule has 1 heteroatoms. The van der Waals surface area contributed by atoms with E-state index < -0.39 is 10.8 Å². The molecule has 0 aliphatic heterocycles. The first-order valence-electron chi connectivity index (χ1n) is 25.4. The summed E-state index contributed by atoms with van der Waals surface area (Å²) in [6.45, 7) is 4.73. The first-order chi connectivity index (χ1) is 35.5. The molecule has 0 aromatic heterocycles. The molecule has 0 fully saturated rings. The van der Waals surface area contributed by atoms with Crippen molar-refractivity contribution in [2.45, 2.75) is 30.1 Å². The molecule has 4 aliphatic carbocycles. The lowest BCUT2D eigenvalue weighted by Crippen LogP contribution is -2.43. The predicted molar refractivity (Wildman–Crippen MR) is 298 cm³/mol. The largest absolute Gasteiger partial charge is 0.310 e. The number of hydrogen-bond acceptors (Lipinski definition) is 1. The molecular formula is C71H49N. The lowest BCUT2D eigenvalue weighted by atomic mass is 9.52. The molecule has 338 valence electrons. The van der Waals surface area contributed by atoms with Gasteiger partial charge in [0.25, 0.3) is 0 Å². The summed E-state index contributed by atoms with van der Waals surface area (Å²) in [5.74, 6) is 0. The van der Waals surface area contributed by atoms with Crippen molar-refractivity contribution < 1.29 is 0 Å². The van der Waals surface area contributed by atoms with Crippen LogP contribution in [0.25, 0.3) is 55.6 Å². The molecule has 11 aromatic carbocycles. The van der Waals surface area contributed by atoms with E-state index in [1.54, 1.807) is 0 Å². The summed E-state index contributed by atoms with van der Waals surface area (Å²) in [4.78, 5) is 2.43. The Kier molecular flexibility index (Phi) is 8.62. The Labute approximate surface area is 422 Å². The fourth-order valence-corrected chi connectivity index (χ4v) is 14.0. The zero-order valence-corrected chi connectivity index (χ0v) is 40.3. The molecular weight excluding hydrogens is 867 g/mol. The van der Waals surface area contributed by atoms with Crippen molar-refractivity contribution >= 4 is 17.1 Å². The Bertz CT molecular complexity index is 3910. The summed E-state index contributed by atoms with van der Waals surface area (Å²) in [6, 6.07) is 98.4. The average molecular weight is 916 g/mol. The van der Waals surface area contributed by atoms with Crippen LogP contribution in [0, 0.1) is 0 Å². The van der Waals surface area contributed by atoms with Gasteiger partial charge in [-0.15, -0.1) is 0 Å². The monoisotopic (exact) mass is 915 g/mol. The smallest absolute Gasteiger partial charge is 0.0720 e. The molecule has 0 saturated carbocycles. The van der Waals surface area contributed by atoms with Gasteiger partial charge in [0.15, 0.2) is 0 Å². The van der Waals surface area contributed by atoms with E-state index in [0.717, 1.165) is 17.1 Å². The lowest BCUT2D eigenvalue weighted by Gasteiger charge is -2.48. The Morgan fingerprint density at radius 1 is 0.236 bits per heavy atom. The Balaban J connectivity index is 0.905. The van der Waals surface area contributed by atoms with Crippen LogP contribution >= 0.6 is 0 Å². The standard InChI is InChI=1S/C71H49N/c1-69(2)58-26-10-6-21-53(58)56-44-43-51(45-67(56)69)72(49-39-35-47(36-40-49)46-19-4-3-5-20-46)50-41-37-48(38-42-50)52-25-18-34-66-68(52)57-24-9-13-29-61(57)71(66)64-32-16-14-30-62(64)70(63-31-15-17-33-65(63)71)59-27-11-7-22-54(59)55-23-8-12-28-60(55)70/h3-45H,1-2H3. The third-order valence-corrected chi connectivity index (χ3v) is 17.0. The number of hydrogen-bond donors (Lipinski definition) is 0. The molecule has 11 aromatic rings. The van der Waals surface area contributed by atoms with Crippen LogP contribution in [0.5, 0.6) is 0 Å². The molecule has 2 spiro atoms. The highest BCUT2D eigenvalue weighted by Crippen LogP contribution is 2.68. The topological polar surface area (TPSA) is 3.24 Å². The van der Waals surface area contributed by atoms with Gasteiger partial charge in [-0.1, -0.05) is 238 Å². The fourth-order valence-electron chi connectivity index (χ4n) is 14.0. The third-order valence-electron chi connectivity index (χ3n) is 17.0. The van der Waals surface area contributed by atoms with E-state index >= 15 is 0 Å². The van der Waals surface area contributed by atoms with Gasteiger partial charge in [0.2, 0.25) is 0 Å². The van der Waals surface area contributed by atoms with Gasteiger partial charge in [0, 0.05) is 22.5 Å². The van der Waals surface area contributed by atoms with Crippen molar-refractivity contribution in [2.75, 3.05) is 4.90 Å². The van der Waals surface area contributed by atoms with Gasteiger partial charge in [0.1, 0.15) is 0 Å². The molecule has 1 nitrogen and oxygen atoms in total. The molecule has 4 aliphatic rings. The van der Waals surface area contributed by atoms with E-state index in [2.05, 4.69) is 280 Å². The van der Waals surface area contributed by atoms with E-state index in [1.165, 1.54) is 111 Å². The Morgan fingerprint density at radius 2 is 0.597 bits per heavy atom. The summed E-state index contributed by atoms with van der Waals surface area (Å²) in [5, 5.41) is 0. The van der Waals surface area contributed by atoms with Crippen LogP contribution in [0.3, 0.4) is 0 Å². The van der Waals surface area contributed by atoms with E-state index in [4.69, 9.17) is 0 Å². The molecule has 0 radical (unpaired) electrons. The van der Waals surface area contributed by atoms with Crippen LogP contribution in [-0.4, -0.2) is 0 Å². The minimum Gasteiger partial charge on any atom is -0.310 e. The van der Waals surface area contributed by atoms with Crippen molar-refractivity contribution in [2.24, 2.45) is 0 Å².